The highest BCUT2D eigenvalue weighted by Crippen LogP contribution is 2.32. The number of benzene rings is 3. The molecule has 0 spiro atoms. The average Bonchev–Trinajstić information content (AvgIpc) is 3.22. The molecule has 1 atom stereocenters. The molecule has 0 fully saturated rings. The first kappa shape index (κ1) is 28.1. The van der Waals surface area contributed by atoms with E-state index in [0.29, 0.717) is 32.2 Å². The van der Waals surface area contributed by atoms with E-state index in [1.807, 2.05) is 60.7 Å². The number of allylic oxidation sites excluding steroid dienone is 1. The van der Waals surface area contributed by atoms with Crippen LogP contribution < -0.4 is 19.6 Å². The first-order valence-corrected chi connectivity index (χ1v) is 15.1. The maximum atomic E-state index is 13.8. The number of thiazole rings is 1. The maximum Gasteiger partial charge on any atom is 0.338 e. The van der Waals surface area contributed by atoms with E-state index in [1.165, 1.54) is 18.4 Å². The molecule has 0 N–H and O–H groups in total. The van der Waals surface area contributed by atoms with Gasteiger partial charge in [-0.2, -0.15) is 0 Å². The Labute approximate surface area is 260 Å². The van der Waals surface area contributed by atoms with Crippen LogP contribution in [0, 0.1) is 7.14 Å². The minimum atomic E-state index is -0.679. The number of aromatic nitrogens is 1. The van der Waals surface area contributed by atoms with Crippen molar-refractivity contribution in [2.75, 3.05) is 7.11 Å². The summed E-state index contributed by atoms with van der Waals surface area (Å²) in [7, 11) is 1.32. The molecule has 0 saturated heterocycles. The van der Waals surface area contributed by atoms with Crippen molar-refractivity contribution >= 4 is 80.2 Å². The lowest BCUT2D eigenvalue weighted by Crippen LogP contribution is -2.39. The second kappa shape index (κ2) is 11.9. The van der Waals surface area contributed by atoms with Gasteiger partial charge in [-0.3, -0.25) is 9.36 Å². The second-order valence-corrected chi connectivity index (χ2v) is 12.5. The van der Waals surface area contributed by atoms with Crippen LogP contribution in [0.5, 0.6) is 5.75 Å². The number of esters is 1. The van der Waals surface area contributed by atoms with Gasteiger partial charge in [-0.05, 0) is 99.1 Å². The Morgan fingerprint density at radius 3 is 2.41 bits per heavy atom. The standard InChI is InChI=1S/C29H21ClI2N2O4S/c1-16-24(28(36)37-2)25(19-8-10-20(30)11-9-19)34-27(35)23(39-29(34)33-16)14-18-12-21(31)26(22(32)13-18)38-15-17-6-4-3-5-7-17/h3-14,25H,15H2,1-2H3/b23-14-/t25-/m1/s1. The molecule has 6 nitrogen and oxygen atoms in total. The second-order valence-electron chi connectivity index (χ2n) is 8.71. The Morgan fingerprint density at radius 1 is 1.10 bits per heavy atom. The first-order chi connectivity index (χ1) is 18.8. The normalized spacial score (nSPS) is 15.1. The molecular weight excluding hydrogens is 762 g/mol. The molecule has 1 aromatic heterocycles. The number of carbonyl (C=O) groups is 1. The summed E-state index contributed by atoms with van der Waals surface area (Å²) in [4.78, 5) is 31.7. The van der Waals surface area contributed by atoms with Gasteiger partial charge in [0.2, 0.25) is 0 Å². The summed E-state index contributed by atoms with van der Waals surface area (Å²) in [6.07, 6.45) is 1.85. The number of halogens is 3. The molecule has 1 aliphatic heterocycles. The van der Waals surface area contributed by atoms with Gasteiger partial charge in [0.05, 0.1) is 36.1 Å². The molecule has 0 aliphatic carbocycles. The van der Waals surface area contributed by atoms with Crippen LogP contribution in [0.25, 0.3) is 6.08 Å². The van der Waals surface area contributed by atoms with Crippen molar-refractivity contribution < 1.29 is 14.3 Å². The molecule has 3 aromatic carbocycles. The summed E-state index contributed by atoms with van der Waals surface area (Å²) < 4.78 is 15.1. The number of hydrogen-bond acceptors (Lipinski definition) is 6. The number of carbonyl (C=O) groups excluding carboxylic acids is 1. The Kier molecular flexibility index (Phi) is 8.60. The molecular formula is C29H21ClI2N2O4S. The quantitative estimate of drug-likeness (QED) is 0.182. The SMILES string of the molecule is COC(=O)C1=C(C)N=c2s/c(=C\c3cc(I)c(OCc4ccccc4)c(I)c3)c(=O)n2[C@@H]1c1ccc(Cl)cc1. The lowest BCUT2D eigenvalue weighted by Gasteiger charge is -2.24. The van der Waals surface area contributed by atoms with Crippen LogP contribution in [-0.4, -0.2) is 17.6 Å². The van der Waals surface area contributed by atoms with Gasteiger partial charge in [-0.15, -0.1) is 0 Å². The summed E-state index contributed by atoms with van der Waals surface area (Å²) in [6, 6.07) is 20.4. The third-order valence-electron chi connectivity index (χ3n) is 6.16. The van der Waals surface area contributed by atoms with Crippen molar-refractivity contribution in [3.63, 3.8) is 0 Å². The monoisotopic (exact) mass is 782 g/mol. The molecule has 0 unspecified atom stereocenters. The van der Waals surface area contributed by atoms with E-state index in [4.69, 9.17) is 21.1 Å². The molecule has 0 bridgehead atoms. The summed E-state index contributed by atoms with van der Waals surface area (Å²) in [5.41, 5.74) is 3.30. The highest BCUT2D eigenvalue weighted by Gasteiger charge is 2.33. The molecule has 0 saturated carbocycles. The number of rotatable bonds is 6. The zero-order valence-electron chi connectivity index (χ0n) is 20.8. The molecule has 4 aromatic rings. The Morgan fingerprint density at radius 2 is 1.77 bits per heavy atom. The predicted octanol–water partition coefficient (Wildman–Crippen LogP) is 5.85. The molecule has 10 heteroatoms. The minimum absolute atomic E-state index is 0.234. The number of ether oxygens (including phenoxy) is 2. The fraction of sp³-hybridized carbons (Fsp3) is 0.138. The van der Waals surface area contributed by atoms with Gasteiger partial charge >= 0.3 is 5.97 Å². The van der Waals surface area contributed by atoms with Crippen LogP contribution in [-0.2, 0) is 16.1 Å². The van der Waals surface area contributed by atoms with E-state index in [2.05, 4.69) is 50.2 Å². The van der Waals surface area contributed by atoms with Crippen molar-refractivity contribution in [3.05, 3.63) is 127 Å². The fourth-order valence-electron chi connectivity index (χ4n) is 4.33. The summed E-state index contributed by atoms with van der Waals surface area (Å²) >= 11 is 11.9. The van der Waals surface area contributed by atoms with E-state index < -0.39 is 12.0 Å². The minimum Gasteiger partial charge on any atom is -0.487 e. The van der Waals surface area contributed by atoms with Crippen LogP contribution in [0.3, 0.4) is 0 Å². The fourth-order valence-corrected chi connectivity index (χ4v) is 7.64. The van der Waals surface area contributed by atoms with Crippen molar-refractivity contribution in [3.8, 4) is 5.75 Å². The predicted molar refractivity (Wildman–Crippen MR) is 170 cm³/mol. The summed E-state index contributed by atoms with van der Waals surface area (Å²) in [5.74, 6) is 0.278. The smallest absolute Gasteiger partial charge is 0.338 e. The van der Waals surface area contributed by atoms with Crippen LogP contribution in [0.1, 0.15) is 29.7 Å². The zero-order valence-corrected chi connectivity index (χ0v) is 26.7. The summed E-state index contributed by atoms with van der Waals surface area (Å²) in [6.45, 7) is 2.22. The van der Waals surface area contributed by atoms with Gasteiger partial charge in [0.1, 0.15) is 12.4 Å². The Bertz CT molecular complexity index is 1760. The lowest BCUT2D eigenvalue weighted by molar-refractivity contribution is -0.136. The van der Waals surface area contributed by atoms with Gasteiger partial charge in [0.15, 0.2) is 4.80 Å². The lowest BCUT2D eigenvalue weighted by atomic mass is 9.96. The van der Waals surface area contributed by atoms with Gasteiger partial charge in [-0.25, -0.2) is 9.79 Å². The van der Waals surface area contributed by atoms with Gasteiger partial charge in [0.25, 0.3) is 5.56 Å². The first-order valence-electron chi connectivity index (χ1n) is 11.8. The van der Waals surface area contributed by atoms with E-state index in [1.54, 1.807) is 23.6 Å². The highest BCUT2D eigenvalue weighted by atomic mass is 127. The van der Waals surface area contributed by atoms with E-state index in [0.717, 1.165) is 29.6 Å². The largest absolute Gasteiger partial charge is 0.487 e. The molecule has 2 heterocycles. The topological polar surface area (TPSA) is 69.9 Å². The Balaban J connectivity index is 1.57. The van der Waals surface area contributed by atoms with E-state index >= 15 is 0 Å². The maximum absolute atomic E-state index is 13.8. The molecule has 198 valence electrons. The molecule has 0 amide bonds. The van der Waals surface area contributed by atoms with Crippen LogP contribution >= 0.6 is 68.1 Å². The summed E-state index contributed by atoms with van der Waals surface area (Å²) in [5, 5.41) is 0.562. The van der Waals surface area contributed by atoms with Gasteiger partial charge in [-0.1, -0.05) is 65.4 Å². The molecule has 39 heavy (non-hydrogen) atoms. The van der Waals surface area contributed by atoms with Crippen molar-refractivity contribution in [2.45, 2.75) is 19.6 Å². The number of hydrogen-bond donors (Lipinski definition) is 0. The third-order valence-corrected chi connectivity index (χ3v) is 8.99. The van der Waals surface area contributed by atoms with E-state index in [9.17, 15) is 9.59 Å². The van der Waals surface area contributed by atoms with Gasteiger partial charge < -0.3 is 9.47 Å². The zero-order chi connectivity index (χ0) is 27.7. The van der Waals surface area contributed by atoms with Crippen LogP contribution in [0.15, 0.2) is 87.8 Å². The average molecular weight is 783 g/mol. The molecule has 1 aliphatic rings. The van der Waals surface area contributed by atoms with Gasteiger partial charge in [0, 0.05) is 5.02 Å². The third kappa shape index (κ3) is 5.86. The van der Waals surface area contributed by atoms with Crippen LogP contribution in [0.2, 0.25) is 5.02 Å². The Hall–Kier alpha value is -2.48. The van der Waals surface area contributed by atoms with Crippen LogP contribution in [0.4, 0.5) is 0 Å². The van der Waals surface area contributed by atoms with Crippen molar-refractivity contribution in [1.29, 1.82) is 0 Å². The van der Waals surface area contributed by atoms with Crippen molar-refractivity contribution in [2.24, 2.45) is 4.99 Å². The number of fused-ring (bicyclic) bond motifs is 1. The molecule has 0 radical (unpaired) electrons. The van der Waals surface area contributed by atoms with Crippen molar-refractivity contribution in [1.82, 2.24) is 4.57 Å². The molecule has 5 rings (SSSR count). The number of methoxy groups -OCH3 is 1. The van der Waals surface area contributed by atoms with E-state index in [-0.39, 0.29) is 5.56 Å². The number of nitrogens with zero attached hydrogens (tertiary/aromatic N) is 2. The highest BCUT2D eigenvalue weighted by molar-refractivity contribution is 14.1.